The number of H-pyrrole nitrogens is 3. The number of aromatic amines is 3. The number of rotatable bonds is 0. The highest BCUT2D eigenvalue weighted by Gasteiger charge is 2.10. The molecule has 8 nitrogen and oxygen atoms in total. The number of aromatic nitrogens is 8. The molecule has 7 aromatic rings. The van der Waals surface area contributed by atoms with Crippen molar-refractivity contribution in [2.45, 2.75) is 0 Å². The van der Waals surface area contributed by atoms with Gasteiger partial charge in [-0.3, -0.25) is 10.1 Å². The summed E-state index contributed by atoms with van der Waals surface area (Å²) in [5.74, 6) is 0. The van der Waals surface area contributed by atoms with E-state index in [2.05, 4.69) is 59.4 Å². The molecule has 0 aliphatic carbocycles. The predicted octanol–water partition coefficient (Wildman–Crippen LogP) is 4.75. The number of imidazole rings is 1. The largest absolute Gasteiger partial charge is 0.346 e. The molecule has 0 saturated carbocycles. The van der Waals surface area contributed by atoms with Gasteiger partial charge in [0, 0.05) is 39.4 Å². The lowest BCUT2D eigenvalue weighted by Gasteiger charge is -1.95. The summed E-state index contributed by atoms with van der Waals surface area (Å²) in [7, 11) is 0. The molecule has 7 aromatic heterocycles. The molecule has 0 aliphatic heterocycles. The molecule has 8 bridgehead atoms. The molecule has 142 valence electrons. The minimum atomic E-state index is 0.659. The molecule has 0 aromatic carbocycles. The summed E-state index contributed by atoms with van der Waals surface area (Å²) in [6.07, 6.45) is 7.28. The third-order valence-electron chi connectivity index (χ3n) is 5.24. The van der Waals surface area contributed by atoms with Crippen LogP contribution in [0.1, 0.15) is 0 Å². The van der Waals surface area contributed by atoms with Crippen LogP contribution in [0.3, 0.4) is 0 Å². The van der Waals surface area contributed by atoms with Gasteiger partial charge < -0.3 is 9.97 Å². The van der Waals surface area contributed by atoms with Crippen molar-refractivity contribution in [2.24, 2.45) is 0 Å². The van der Waals surface area contributed by atoms with Gasteiger partial charge in [0.15, 0.2) is 16.9 Å². The Morgan fingerprint density at radius 3 is 2.73 bits per heavy atom. The van der Waals surface area contributed by atoms with Crippen molar-refractivity contribution in [3.8, 4) is 0 Å². The van der Waals surface area contributed by atoms with Crippen molar-refractivity contribution >= 4 is 75.9 Å². The van der Waals surface area contributed by atoms with Crippen LogP contribution in [0, 0.1) is 0 Å². The molecule has 0 aliphatic rings. The third-order valence-corrected chi connectivity index (χ3v) is 6.27. The lowest BCUT2D eigenvalue weighted by atomic mass is 10.2. The van der Waals surface area contributed by atoms with Crippen molar-refractivity contribution in [2.75, 3.05) is 0 Å². The fourth-order valence-electron chi connectivity index (χ4n) is 3.82. The zero-order chi connectivity index (χ0) is 19.7. The molecule has 0 saturated heterocycles. The normalized spacial score (nSPS) is 12.0. The molecule has 0 spiro atoms. The van der Waals surface area contributed by atoms with Gasteiger partial charge in [0.2, 0.25) is 0 Å². The van der Waals surface area contributed by atoms with Crippen molar-refractivity contribution in [1.82, 2.24) is 40.1 Å². The number of fused-ring (bicyclic) bond motifs is 9. The molecule has 0 atom stereocenters. The van der Waals surface area contributed by atoms with Gasteiger partial charge in [0.1, 0.15) is 11.0 Å². The number of hydrogen-bond acceptors (Lipinski definition) is 6. The van der Waals surface area contributed by atoms with E-state index in [-0.39, 0.29) is 0 Å². The fraction of sp³-hybridized carbons (Fsp3) is 0. The van der Waals surface area contributed by atoms with E-state index in [4.69, 9.17) is 4.98 Å². The highest BCUT2D eigenvalue weighted by Crippen LogP contribution is 2.28. The maximum absolute atomic E-state index is 4.86. The average Bonchev–Trinajstić information content (AvgIpc) is 3.50. The standard InChI is InChI=1S/C21H12N8S/c1-2-16-25-12-5-10(7-22-9-12)11-6-14-18(28-29-19(14)24-8-11)21-26-17-13(15(1)30-16)3-4-23-20(17)27-21/h1-9,25H,(H,23,26,27)(H,24,28,29). The van der Waals surface area contributed by atoms with E-state index in [0.717, 1.165) is 47.8 Å². The Balaban J connectivity index is 1.80. The molecular weight excluding hydrogens is 396 g/mol. The molecule has 0 fully saturated rings. The molecule has 7 rings (SSSR count). The highest BCUT2D eigenvalue weighted by atomic mass is 32.1. The molecule has 9 heteroatoms. The van der Waals surface area contributed by atoms with E-state index < -0.39 is 0 Å². The van der Waals surface area contributed by atoms with Crippen LogP contribution in [-0.2, 0) is 0 Å². The smallest absolute Gasteiger partial charge is 0.161 e. The van der Waals surface area contributed by atoms with Gasteiger partial charge in [-0.1, -0.05) is 0 Å². The Bertz CT molecular complexity index is 1820. The van der Waals surface area contributed by atoms with Gasteiger partial charge >= 0.3 is 0 Å². The minimum absolute atomic E-state index is 0.659. The van der Waals surface area contributed by atoms with Gasteiger partial charge in [0.05, 0.1) is 21.9 Å². The van der Waals surface area contributed by atoms with E-state index in [1.807, 2.05) is 24.7 Å². The summed E-state index contributed by atoms with van der Waals surface area (Å²) in [4.78, 5) is 26.1. The fourth-order valence-corrected chi connectivity index (χ4v) is 4.77. The van der Waals surface area contributed by atoms with Crippen LogP contribution >= 0.6 is 11.3 Å². The molecule has 0 unspecified atom stereocenters. The van der Waals surface area contributed by atoms with E-state index in [1.165, 1.54) is 0 Å². The number of pyridine rings is 3. The SMILES string of the molecule is c1cc2c3ccc([nH]c4cncc(c4)c4cnc5[nH]nc(c6nc2c(n1)[nH]6)c5c4)s3. The van der Waals surface area contributed by atoms with Crippen molar-refractivity contribution in [3.63, 3.8) is 0 Å². The Labute approximate surface area is 171 Å². The van der Waals surface area contributed by atoms with E-state index in [0.29, 0.717) is 16.8 Å². The Hall–Kier alpha value is -4.11. The van der Waals surface area contributed by atoms with E-state index >= 15 is 0 Å². The van der Waals surface area contributed by atoms with Gasteiger partial charge in [-0.2, -0.15) is 5.10 Å². The zero-order valence-corrected chi connectivity index (χ0v) is 16.2. The van der Waals surface area contributed by atoms with Gasteiger partial charge in [-0.25, -0.2) is 15.0 Å². The molecule has 30 heavy (non-hydrogen) atoms. The topological polar surface area (TPSA) is 112 Å². The summed E-state index contributed by atoms with van der Waals surface area (Å²) in [6.45, 7) is 0. The summed E-state index contributed by atoms with van der Waals surface area (Å²) in [5.41, 5.74) is 4.55. The van der Waals surface area contributed by atoms with Crippen LogP contribution in [-0.4, -0.2) is 40.1 Å². The number of nitrogens with zero attached hydrogens (tertiary/aromatic N) is 5. The second-order valence-electron chi connectivity index (χ2n) is 7.08. The van der Waals surface area contributed by atoms with E-state index in [9.17, 15) is 0 Å². The number of thiophene rings is 1. The first kappa shape index (κ1) is 15.8. The Kier molecular flexibility index (Phi) is 3.00. The third kappa shape index (κ3) is 2.23. The average molecular weight is 408 g/mol. The Morgan fingerprint density at radius 2 is 1.73 bits per heavy atom. The van der Waals surface area contributed by atoms with Gasteiger partial charge in [-0.05, 0) is 30.3 Å². The second kappa shape index (κ2) is 5.71. The first-order chi connectivity index (χ1) is 14.8. The van der Waals surface area contributed by atoms with Crippen molar-refractivity contribution in [3.05, 3.63) is 55.1 Å². The lowest BCUT2D eigenvalue weighted by Crippen LogP contribution is -1.79. The molecule has 7 heterocycles. The summed E-state index contributed by atoms with van der Waals surface area (Å²) < 4.78 is 1.11. The van der Waals surface area contributed by atoms with Crippen LogP contribution < -0.4 is 0 Å². The monoisotopic (exact) mass is 408 g/mol. The lowest BCUT2D eigenvalue weighted by molar-refractivity contribution is 1.12. The van der Waals surface area contributed by atoms with Crippen LogP contribution in [0.15, 0.2) is 55.1 Å². The predicted molar refractivity (Wildman–Crippen MR) is 119 cm³/mol. The second-order valence-corrected chi connectivity index (χ2v) is 8.17. The molecule has 3 N–H and O–H groups in total. The number of nitrogens with one attached hydrogen (secondary N) is 3. The summed E-state index contributed by atoms with van der Waals surface area (Å²) >= 11 is 1.66. The quantitative estimate of drug-likeness (QED) is 0.335. The Morgan fingerprint density at radius 1 is 0.767 bits per heavy atom. The van der Waals surface area contributed by atoms with Crippen LogP contribution in [0.25, 0.3) is 64.6 Å². The molecule has 0 radical (unpaired) electrons. The van der Waals surface area contributed by atoms with Crippen molar-refractivity contribution < 1.29 is 0 Å². The maximum Gasteiger partial charge on any atom is 0.161 e. The molecule has 0 amide bonds. The summed E-state index contributed by atoms with van der Waals surface area (Å²) in [6, 6.07) is 10.3. The maximum atomic E-state index is 4.86. The van der Waals surface area contributed by atoms with Crippen LogP contribution in [0.4, 0.5) is 0 Å². The van der Waals surface area contributed by atoms with Gasteiger partial charge in [-0.15, -0.1) is 11.3 Å². The zero-order valence-electron chi connectivity index (χ0n) is 15.3. The number of hydrogen-bond donors (Lipinski definition) is 3. The first-order valence-electron chi connectivity index (χ1n) is 9.34. The van der Waals surface area contributed by atoms with E-state index in [1.54, 1.807) is 17.5 Å². The minimum Gasteiger partial charge on any atom is -0.346 e. The highest BCUT2D eigenvalue weighted by molar-refractivity contribution is 7.23. The molecular formula is C21H12N8S. The first-order valence-corrected chi connectivity index (χ1v) is 10.2. The van der Waals surface area contributed by atoms with Crippen molar-refractivity contribution in [1.29, 1.82) is 0 Å². The van der Waals surface area contributed by atoms with Gasteiger partial charge in [0.25, 0.3) is 0 Å². The van der Waals surface area contributed by atoms with Crippen LogP contribution in [0.2, 0.25) is 0 Å². The van der Waals surface area contributed by atoms with Crippen LogP contribution in [0.5, 0.6) is 0 Å². The summed E-state index contributed by atoms with van der Waals surface area (Å²) in [5, 5.41) is 11.3.